The smallest absolute Gasteiger partial charge is 0.340 e. The summed E-state index contributed by atoms with van der Waals surface area (Å²) in [5, 5.41) is -0.654. The van der Waals surface area contributed by atoms with Crippen LogP contribution in [0.4, 0.5) is 0 Å². The molecule has 1 aromatic rings. The first-order valence-corrected chi connectivity index (χ1v) is 5.44. The number of ether oxygens (including phenoxy) is 1. The van der Waals surface area contributed by atoms with Gasteiger partial charge in [0, 0.05) is 6.20 Å². The molecule has 0 aliphatic carbocycles. The summed E-state index contributed by atoms with van der Waals surface area (Å²) in [5.74, 6) is -0.472. The number of carbonyl (C=O) groups is 2. The molecule has 0 amide bonds. The molecule has 14 heavy (non-hydrogen) atoms. The summed E-state index contributed by atoms with van der Waals surface area (Å²) in [6, 6.07) is 2.82. The summed E-state index contributed by atoms with van der Waals surface area (Å²) < 4.78 is 4.99. The fourth-order valence-electron chi connectivity index (χ4n) is 0.764. The van der Waals surface area contributed by atoms with Gasteiger partial charge in [0.05, 0.1) is 5.56 Å². The molecule has 74 valence electrons. The number of pyridine rings is 1. The van der Waals surface area contributed by atoms with Gasteiger partial charge >= 0.3 is 5.97 Å². The van der Waals surface area contributed by atoms with Crippen molar-refractivity contribution in [3.05, 3.63) is 29.6 Å². The Morgan fingerprint density at radius 3 is 2.64 bits per heavy atom. The Morgan fingerprint density at radius 1 is 1.50 bits per heavy atom. The number of halogens is 2. The number of alkyl halides is 1. The Morgan fingerprint density at radius 2 is 2.21 bits per heavy atom. The molecule has 0 atom stereocenters. The number of aromatic nitrogens is 1. The van der Waals surface area contributed by atoms with Crippen LogP contribution in [0.5, 0.6) is 0 Å². The second-order valence-electron chi connectivity index (χ2n) is 2.25. The summed E-state index contributed by atoms with van der Waals surface area (Å²) in [6.07, 6.45) is 1.25. The topological polar surface area (TPSA) is 56.3 Å². The Kier molecular flexibility index (Phi) is 4.27. The van der Waals surface area contributed by atoms with Crippen molar-refractivity contribution in [3.8, 4) is 0 Å². The van der Waals surface area contributed by atoms with Crippen LogP contribution in [0.25, 0.3) is 0 Å². The molecular formula is C8H5ClINO3. The molecule has 0 unspecified atom stereocenters. The van der Waals surface area contributed by atoms with E-state index in [0.717, 1.165) is 0 Å². The van der Waals surface area contributed by atoms with Crippen LogP contribution in [0.3, 0.4) is 0 Å². The molecule has 0 aliphatic rings. The summed E-state index contributed by atoms with van der Waals surface area (Å²) >= 11 is 7.09. The van der Waals surface area contributed by atoms with Crippen LogP contribution in [0, 0.1) is 0 Å². The Hall–Kier alpha value is -0.690. The molecule has 0 spiro atoms. The normalized spacial score (nSPS) is 9.57. The number of esters is 1. The average molecular weight is 325 g/mol. The number of rotatable bonds is 3. The van der Waals surface area contributed by atoms with Crippen molar-refractivity contribution in [3.63, 3.8) is 0 Å². The molecule has 4 nitrogen and oxygen atoms in total. The van der Waals surface area contributed by atoms with Crippen LogP contribution >= 0.6 is 34.2 Å². The van der Waals surface area contributed by atoms with Gasteiger partial charge in [-0.05, 0) is 46.3 Å². The molecule has 0 radical (unpaired) electrons. The first-order chi connectivity index (χ1) is 6.65. The zero-order valence-corrected chi connectivity index (χ0v) is 9.78. The minimum absolute atomic E-state index is 0.109. The zero-order valence-electron chi connectivity index (χ0n) is 6.87. The quantitative estimate of drug-likeness (QED) is 0.369. The number of carbonyl (C=O) groups excluding carboxylic acids is 2. The van der Waals surface area contributed by atoms with Gasteiger partial charge in [-0.15, -0.1) is 0 Å². The van der Waals surface area contributed by atoms with Gasteiger partial charge in [-0.3, -0.25) is 9.78 Å². The third-order valence-corrected chi connectivity index (χ3v) is 1.89. The van der Waals surface area contributed by atoms with Gasteiger partial charge < -0.3 is 4.74 Å². The highest BCUT2D eigenvalue weighted by atomic mass is 127. The lowest BCUT2D eigenvalue weighted by Crippen LogP contribution is -2.05. The van der Waals surface area contributed by atoms with E-state index in [1.807, 2.05) is 22.6 Å². The molecule has 6 heteroatoms. The Labute approximate surface area is 98.7 Å². The molecule has 1 heterocycles. The van der Waals surface area contributed by atoms with E-state index >= 15 is 0 Å². The molecule has 0 saturated carbocycles. The van der Waals surface area contributed by atoms with Crippen molar-refractivity contribution in [2.45, 2.75) is 0 Å². The number of hydrogen-bond donors (Lipinski definition) is 0. The molecule has 0 saturated heterocycles. The second-order valence-corrected chi connectivity index (χ2v) is 3.21. The molecule has 0 N–H and O–H groups in total. The van der Waals surface area contributed by atoms with Crippen molar-refractivity contribution in [2.24, 2.45) is 0 Å². The summed E-state index contributed by atoms with van der Waals surface area (Å²) in [5.41, 5.74) is 0.404. The lowest BCUT2D eigenvalue weighted by molar-refractivity contribution is 0.0589. The van der Waals surface area contributed by atoms with Gasteiger partial charge in [-0.25, -0.2) is 4.79 Å². The Balaban J connectivity index is 2.83. The number of nitrogens with zero attached hydrogens (tertiary/aromatic N) is 1. The van der Waals surface area contributed by atoms with E-state index in [4.69, 9.17) is 16.3 Å². The van der Waals surface area contributed by atoms with E-state index < -0.39 is 11.2 Å². The van der Waals surface area contributed by atoms with Gasteiger partial charge in [0.25, 0.3) is 5.24 Å². The summed E-state index contributed by atoms with van der Waals surface area (Å²) in [4.78, 5) is 25.5. The third-order valence-electron chi connectivity index (χ3n) is 1.39. The minimum Gasteiger partial charge on any atom is -0.451 e. The highest BCUT2D eigenvalue weighted by Gasteiger charge is 2.08. The monoisotopic (exact) mass is 325 g/mol. The van der Waals surface area contributed by atoms with E-state index in [9.17, 15) is 9.59 Å². The van der Waals surface area contributed by atoms with Gasteiger partial charge in [-0.2, -0.15) is 0 Å². The van der Waals surface area contributed by atoms with Crippen molar-refractivity contribution >= 4 is 45.4 Å². The molecule has 1 aromatic heterocycles. The predicted octanol–water partition coefficient (Wildman–Crippen LogP) is 2.01. The third kappa shape index (κ3) is 2.91. The highest BCUT2D eigenvalue weighted by molar-refractivity contribution is 14.1. The fraction of sp³-hybridized carbons (Fsp3) is 0.125. The van der Waals surface area contributed by atoms with Crippen LogP contribution in [0.2, 0.25) is 0 Å². The molecule has 1 rings (SSSR count). The maximum atomic E-state index is 11.1. The SMILES string of the molecule is O=C(OCI)c1ccc(C(=O)Cl)nc1. The van der Waals surface area contributed by atoms with Gasteiger partial charge in [-0.1, -0.05) is 0 Å². The standard InChI is InChI=1S/C8H5ClINO3/c9-7(12)6-2-1-5(3-11-6)8(13)14-4-10/h1-3H,4H2. The van der Waals surface area contributed by atoms with E-state index in [1.165, 1.54) is 18.3 Å². The van der Waals surface area contributed by atoms with Crippen molar-refractivity contribution in [1.82, 2.24) is 4.98 Å². The molecular weight excluding hydrogens is 320 g/mol. The predicted molar refractivity (Wildman–Crippen MR) is 58.7 cm³/mol. The fourth-order valence-corrected chi connectivity index (χ4v) is 1.16. The maximum absolute atomic E-state index is 11.1. The molecule has 0 aromatic carbocycles. The zero-order chi connectivity index (χ0) is 10.6. The van der Waals surface area contributed by atoms with E-state index in [2.05, 4.69) is 4.98 Å². The molecule has 0 fully saturated rings. The first kappa shape index (κ1) is 11.4. The van der Waals surface area contributed by atoms with Gasteiger partial charge in [0.15, 0.2) is 0 Å². The molecule has 0 aliphatic heterocycles. The highest BCUT2D eigenvalue weighted by Crippen LogP contribution is 2.05. The second kappa shape index (κ2) is 5.26. The molecule has 0 bridgehead atoms. The number of hydrogen-bond acceptors (Lipinski definition) is 4. The minimum atomic E-state index is -0.654. The first-order valence-electron chi connectivity index (χ1n) is 3.54. The van der Waals surface area contributed by atoms with Gasteiger partial charge in [0.1, 0.15) is 10.3 Å². The Bertz CT molecular complexity index is 352. The van der Waals surface area contributed by atoms with Crippen LogP contribution in [-0.4, -0.2) is 20.8 Å². The van der Waals surface area contributed by atoms with E-state index in [1.54, 1.807) is 0 Å². The maximum Gasteiger partial charge on any atom is 0.340 e. The lowest BCUT2D eigenvalue weighted by atomic mass is 10.2. The lowest BCUT2D eigenvalue weighted by Gasteiger charge is -1.99. The summed E-state index contributed by atoms with van der Waals surface area (Å²) in [7, 11) is 0. The van der Waals surface area contributed by atoms with Crippen LogP contribution < -0.4 is 0 Å². The van der Waals surface area contributed by atoms with Crippen molar-refractivity contribution in [1.29, 1.82) is 0 Å². The van der Waals surface area contributed by atoms with E-state index in [-0.39, 0.29) is 10.3 Å². The largest absolute Gasteiger partial charge is 0.451 e. The van der Waals surface area contributed by atoms with E-state index in [0.29, 0.717) is 5.56 Å². The van der Waals surface area contributed by atoms with Crippen molar-refractivity contribution in [2.75, 3.05) is 4.61 Å². The summed E-state index contributed by atoms with van der Waals surface area (Å²) in [6.45, 7) is 0. The van der Waals surface area contributed by atoms with Gasteiger partial charge in [0.2, 0.25) is 0 Å². The average Bonchev–Trinajstić information content (AvgIpc) is 2.18. The van der Waals surface area contributed by atoms with Crippen LogP contribution in [-0.2, 0) is 4.74 Å². The van der Waals surface area contributed by atoms with Crippen LogP contribution in [0.15, 0.2) is 18.3 Å². The van der Waals surface area contributed by atoms with Crippen molar-refractivity contribution < 1.29 is 14.3 Å². The van der Waals surface area contributed by atoms with Crippen LogP contribution in [0.1, 0.15) is 20.8 Å².